The van der Waals surface area contributed by atoms with E-state index in [0.29, 0.717) is 0 Å². The summed E-state index contributed by atoms with van der Waals surface area (Å²) in [7, 11) is 2.17. The lowest BCUT2D eigenvalue weighted by Crippen LogP contribution is -2.55. The molecular formula is C21H36Cl2N4O2. The van der Waals surface area contributed by atoms with Gasteiger partial charge in [0.15, 0.2) is 0 Å². The Balaban J connectivity index is 0.00000210. The Morgan fingerprint density at radius 1 is 1.14 bits per heavy atom. The first kappa shape index (κ1) is 26.1. The van der Waals surface area contributed by atoms with E-state index in [4.69, 9.17) is 10.5 Å². The summed E-state index contributed by atoms with van der Waals surface area (Å²) in [5.41, 5.74) is 7.61. The number of hydrogen-bond donors (Lipinski definition) is 1. The highest BCUT2D eigenvalue weighted by atomic mass is 35.5. The zero-order valence-electron chi connectivity index (χ0n) is 17.4. The smallest absolute Gasteiger partial charge is 0.239 e. The summed E-state index contributed by atoms with van der Waals surface area (Å²) >= 11 is 0. The number of halogens is 2. The summed E-state index contributed by atoms with van der Waals surface area (Å²) in [4.78, 5) is 19.5. The van der Waals surface area contributed by atoms with Crippen molar-refractivity contribution in [2.45, 2.75) is 25.4 Å². The van der Waals surface area contributed by atoms with Gasteiger partial charge >= 0.3 is 0 Å². The Morgan fingerprint density at radius 3 is 2.38 bits per heavy atom. The first-order valence-electron chi connectivity index (χ1n) is 10.2. The van der Waals surface area contributed by atoms with Gasteiger partial charge in [-0.1, -0.05) is 30.3 Å². The number of carbonyl (C=O) groups is 1. The average Bonchev–Trinajstić information content (AvgIpc) is 2.73. The number of amides is 1. The van der Waals surface area contributed by atoms with E-state index in [2.05, 4.69) is 47.2 Å². The van der Waals surface area contributed by atoms with Crippen LogP contribution in [0, 0.1) is 5.92 Å². The van der Waals surface area contributed by atoms with Crippen LogP contribution < -0.4 is 5.73 Å². The van der Waals surface area contributed by atoms with Gasteiger partial charge in [0.2, 0.25) is 5.91 Å². The molecule has 0 aliphatic carbocycles. The number of ether oxygens (including phenoxy) is 1. The van der Waals surface area contributed by atoms with Crippen LogP contribution in [0.25, 0.3) is 0 Å². The average molecular weight is 447 g/mol. The summed E-state index contributed by atoms with van der Waals surface area (Å²) in [6.45, 7) is 7.96. The maximum atomic E-state index is 12.7. The van der Waals surface area contributed by atoms with Crippen LogP contribution in [0.15, 0.2) is 30.3 Å². The van der Waals surface area contributed by atoms with E-state index < -0.39 is 0 Å². The highest BCUT2D eigenvalue weighted by Gasteiger charge is 2.31. The number of benzene rings is 1. The van der Waals surface area contributed by atoms with Crippen LogP contribution in [0.3, 0.4) is 0 Å². The van der Waals surface area contributed by atoms with Crippen molar-refractivity contribution >= 4 is 30.7 Å². The number of carbonyl (C=O) groups excluding carboxylic acids is 1. The lowest BCUT2D eigenvalue weighted by molar-refractivity contribution is -0.136. The third kappa shape index (κ3) is 8.04. The van der Waals surface area contributed by atoms with Crippen molar-refractivity contribution in [2.75, 3.05) is 59.5 Å². The van der Waals surface area contributed by atoms with E-state index in [0.717, 1.165) is 71.9 Å². The van der Waals surface area contributed by atoms with Crippen LogP contribution in [0.4, 0.5) is 0 Å². The quantitative estimate of drug-likeness (QED) is 0.692. The molecule has 1 aromatic carbocycles. The van der Waals surface area contributed by atoms with Gasteiger partial charge in [-0.05, 0) is 31.4 Å². The van der Waals surface area contributed by atoms with Gasteiger partial charge in [0.05, 0.1) is 6.04 Å². The zero-order chi connectivity index (χ0) is 19.1. The molecule has 2 saturated heterocycles. The van der Waals surface area contributed by atoms with Gasteiger partial charge in [0, 0.05) is 59.0 Å². The van der Waals surface area contributed by atoms with Crippen molar-refractivity contribution in [2.24, 2.45) is 11.7 Å². The number of piperazine rings is 1. The van der Waals surface area contributed by atoms with Crippen molar-refractivity contribution in [3.63, 3.8) is 0 Å². The minimum atomic E-state index is -0.363. The van der Waals surface area contributed by atoms with E-state index >= 15 is 0 Å². The molecule has 166 valence electrons. The Morgan fingerprint density at radius 2 is 1.76 bits per heavy atom. The van der Waals surface area contributed by atoms with Crippen LogP contribution in [-0.4, -0.2) is 86.2 Å². The Labute approximate surface area is 187 Å². The molecule has 2 aliphatic rings. The Hall–Kier alpha value is -0.890. The largest absolute Gasteiger partial charge is 0.381 e. The molecule has 0 saturated carbocycles. The number of hydrogen-bond acceptors (Lipinski definition) is 5. The molecule has 3 rings (SSSR count). The minimum Gasteiger partial charge on any atom is -0.381 e. The molecule has 0 spiro atoms. The molecule has 29 heavy (non-hydrogen) atoms. The third-order valence-electron chi connectivity index (χ3n) is 5.84. The van der Waals surface area contributed by atoms with E-state index in [-0.39, 0.29) is 42.7 Å². The van der Waals surface area contributed by atoms with Crippen LogP contribution in [0.2, 0.25) is 0 Å². The van der Waals surface area contributed by atoms with Crippen LogP contribution in [-0.2, 0) is 16.1 Å². The topological polar surface area (TPSA) is 62.0 Å². The minimum absolute atomic E-state index is 0. The Kier molecular flexibility index (Phi) is 12.1. The van der Waals surface area contributed by atoms with Crippen LogP contribution in [0.1, 0.15) is 18.4 Å². The van der Waals surface area contributed by atoms with E-state index in [9.17, 15) is 4.79 Å². The van der Waals surface area contributed by atoms with Gasteiger partial charge in [0.1, 0.15) is 0 Å². The molecule has 1 unspecified atom stereocenters. The van der Waals surface area contributed by atoms with E-state index in [1.165, 1.54) is 5.56 Å². The lowest BCUT2D eigenvalue weighted by Gasteiger charge is -2.38. The molecular weight excluding hydrogens is 411 g/mol. The molecule has 1 amide bonds. The van der Waals surface area contributed by atoms with E-state index in [1.54, 1.807) is 0 Å². The molecule has 6 nitrogen and oxygen atoms in total. The fraction of sp³-hybridized carbons (Fsp3) is 0.667. The first-order chi connectivity index (χ1) is 13.1. The summed E-state index contributed by atoms with van der Waals surface area (Å²) in [5.74, 6) is 0.402. The maximum Gasteiger partial charge on any atom is 0.239 e. The molecule has 1 aromatic rings. The molecule has 2 heterocycles. The number of likely N-dealkylation sites (N-methyl/N-ethyl adjacent to an activating group) is 1. The summed E-state index contributed by atoms with van der Waals surface area (Å²) < 4.78 is 5.38. The second-order valence-corrected chi connectivity index (χ2v) is 7.87. The normalized spacial score (nSPS) is 19.3. The molecule has 2 fully saturated rings. The summed E-state index contributed by atoms with van der Waals surface area (Å²) in [5, 5.41) is 0. The molecule has 2 N–H and O–H groups in total. The number of nitrogens with two attached hydrogens (primary N) is 1. The lowest BCUT2D eigenvalue weighted by atomic mass is 9.91. The fourth-order valence-corrected chi connectivity index (χ4v) is 3.97. The van der Waals surface area contributed by atoms with Gasteiger partial charge in [-0.15, -0.1) is 24.8 Å². The zero-order valence-corrected chi connectivity index (χ0v) is 19.0. The fourth-order valence-electron chi connectivity index (χ4n) is 3.97. The highest BCUT2D eigenvalue weighted by Crippen LogP contribution is 2.19. The predicted octanol–water partition coefficient (Wildman–Crippen LogP) is 1.86. The van der Waals surface area contributed by atoms with Crippen molar-refractivity contribution in [1.29, 1.82) is 0 Å². The summed E-state index contributed by atoms with van der Waals surface area (Å²) in [6, 6.07) is 10.2. The van der Waals surface area contributed by atoms with Crippen LogP contribution in [0.5, 0.6) is 0 Å². The standard InChI is InChI=1S/C21H34N4O2.2ClH/c1-23(17-18-5-3-2-4-6-18)9-10-24-11-13-25(14-12-24)21(26)20(22)19-7-15-27-16-8-19;;/h2-6,19-20H,7-17,22H2,1H3;2*1H. The van der Waals surface area contributed by atoms with Crippen molar-refractivity contribution in [3.8, 4) is 0 Å². The molecule has 1 atom stereocenters. The molecule has 0 radical (unpaired) electrons. The third-order valence-corrected chi connectivity index (χ3v) is 5.84. The van der Waals surface area contributed by atoms with Crippen molar-refractivity contribution in [3.05, 3.63) is 35.9 Å². The SMILES string of the molecule is CN(CCN1CCN(C(=O)C(N)C2CCOCC2)CC1)Cc1ccccc1.Cl.Cl. The summed E-state index contributed by atoms with van der Waals surface area (Å²) in [6.07, 6.45) is 1.81. The van der Waals surface area contributed by atoms with Crippen LogP contribution >= 0.6 is 24.8 Å². The molecule has 2 aliphatic heterocycles. The second-order valence-electron chi connectivity index (χ2n) is 7.87. The molecule has 0 aromatic heterocycles. The predicted molar refractivity (Wildman–Crippen MR) is 122 cm³/mol. The number of nitrogens with zero attached hydrogens (tertiary/aromatic N) is 3. The van der Waals surface area contributed by atoms with Crippen molar-refractivity contribution < 1.29 is 9.53 Å². The highest BCUT2D eigenvalue weighted by molar-refractivity contribution is 5.85. The van der Waals surface area contributed by atoms with Gasteiger partial charge < -0.3 is 20.3 Å². The van der Waals surface area contributed by atoms with Gasteiger partial charge in [-0.3, -0.25) is 9.69 Å². The molecule has 0 bridgehead atoms. The Bertz CT molecular complexity index is 579. The van der Waals surface area contributed by atoms with Gasteiger partial charge in [0.25, 0.3) is 0 Å². The number of rotatable bonds is 7. The van der Waals surface area contributed by atoms with Crippen molar-refractivity contribution in [1.82, 2.24) is 14.7 Å². The van der Waals surface area contributed by atoms with Gasteiger partial charge in [-0.25, -0.2) is 0 Å². The maximum absolute atomic E-state index is 12.7. The van der Waals surface area contributed by atoms with E-state index in [1.807, 2.05) is 4.90 Å². The first-order valence-corrected chi connectivity index (χ1v) is 10.2. The second kappa shape index (κ2) is 13.4. The van der Waals surface area contributed by atoms with Gasteiger partial charge in [-0.2, -0.15) is 0 Å². The monoisotopic (exact) mass is 446 g/mol. The molecule has 8 heteroatoms.